The fourth-order valence-corrected chi connectivity index (χ4v) is 1.42. The first kappa shape index (κ1) is 13.5. The first-order chi connectivity index (χ1) is 7.81. The van der Waals surface area contributed by atoms with E-state index in [0.29, 0.717) is 18.1 Å². The number of ether oxygens (including phenoxy) is 1. The maximum atomic E-state index is 7.53. The van der Waals surface area contributed by atoms with Crippen LogP contribution in [0.1, 0.15) is 38.3 Å². The van der Waals surface area contributed by atoms with Gasteiger partial charge >= 0.3 is 0 Å². The summed E-state index contributed by atoms with van der Waals surface area (Å²) < 4.78 is 5.62. The number of rotatable bonds is 4. The lowest BCUT2D eigenvalue weighted by atomic mass is 9.93. The molecule has 17 heavy (non-hydrogen) atoms. The van der Waals surface area contributed by atoms with Crippen LogP contribution in [0.3, 0.4) is 0 Å². The monoisotopic (exact) mass is 235 g/mol. The molecule has 0 unspecified atom stereocenters. The van der Waals surface area contributed by atoms with Crippen molar-refractivity contribution in [2.45, 2.75) is 34.1 Å². The van der Waals surface area contributed by atoms with Gasteiger partial charge in [-0.2, -0.15) is 0 Å². The number of hydrogen-bond donors (Lipinski definition) is 2. The highest BCUT2D eigenvalue weighted by Gasteiger charge is 2.14. The predicted octanol–water partition coefficient (Wildman–Crippen LogP) is 2.49. The number of amidine groups is 1. The van der Waals surface area contributed by atoms with Crippen LogP contribution in [0, 0.1) is 17.7 Å². The Morgan fingerprint density at radius 3 is 2.65 bits per heavy atom. The number of aryl methyl sites for hydroxylation is 1. The molecule has 4 heteroatoms. The van der Waals surface area contributed by atoms with Crippen LogP contribution in [0.4, 0.5) is 0 Å². The third-order valence-corrected chi connectivity index (χ3v) is 2.48. The summed E-state index contributed by atoms with van der Waals surface area (Å²) in [6.07, 6.45) is 2.61. The predicted molar refractivity (Wildman–Crippen MR) is 69.6 cm³/mol. The minimum atomic E-state index is 0.00126. The van der Waals surface area contributed by atoms with Crippen LogP contribution in [0.25, 0.3) is 0 Å². The van der Waals surface area contributed by atoms with Gasteiger partial charge in [0.1, 0.15) is 5.84 Å². The maximum absolute atomic E-state index is 7.53. The van der Waals surface area contributed by atoms with Crippen LogP contribution in [0.15, 0.2) is 12.3 Å². The van der Waals surface area contributed by atoms with Gasteiger partial charge in [-0.15, -0.1) is 0 Å². The average Bonchev–Trinajstić information content (AvgIpc) is 2.14. The molecule has 1 rings (SSSR count). The van der Waals surface area contributed by atoms with Crippen molar-refractivity contribution >= 4 is 5.84 Å². The zero-order valence-electron chi connectivity index (χ0n) is 11.0. The van der Waals surface area contributed by atoms with E-state index in [-0.39, 0.29) is 11.3 Å². The molecule has 0 fully saturated rings. The molecule has 0 aliphatic rings. The molecule has 0 saturated heterocycles. The summed E-state index contributed by atoms with van der Waals surface area (Å²) in [7, 11) is 0. The van der Waals surface area contributed by atoms with E-state index in [2.05, 4.69) is 25.8 Å². The van der Waals surface area contributed by atoms with E-state index in [9.17, 15) is 0 Å². The lowest BCUT2D eigenvalue weighted by Crippen LogP contribution is -2.17. The number of aromatic nitrogens is 1. The Hall–Kier alpha value is -1.58. The van der Waals surface area contributed by atoms with Gasteiger partial charge < -0.3 is 10.5 Å². The number of nitrogens with two attached hydrogens (primary N) is 1. The number of nitrogens with zero attached hydrogens (tertiary/aromatic N) is 1. The van der Waals surface area contributed by atoms with Gasteiger partial charge in [-0.3, -0.25) is 5.41 Å². The second-order valence-electron chi connectivity index (χ2n) is 5.38. The minimum Gasteiger partial charge on any atom is -0.477 e. The van der Waals surface area contributed by atoms with Crippen molar-refractivity contribution in [3.8, 4) is 5.88 Å². The van der Waals surface area contributed by atoms with Crippen LogP contribution >= 0.6 is 0 Å². The molecule has 0 atom stereocenters. The van der Waals surface area contributed by atoms with Crippen LogP contribution in [-0.4, -0.2) is 17.4 Å². The van der Waals surface area contributed by atoms with Crippen molar-refractivity contribution in [1.82, 2.24) is 4.98 Å². The Bertz CT molecular complexity index is 408. The summed E-state index contributed by atoms with van der Waals surface area (Å²) in [5, 5.41) is 7.53. The molecule has 0 amide bonds. The molecule has 0 aliphatic carbocycles. The van der Waals surface area contributed by atoms with Crippen LogP contribution in [-0.2, 0) is 0 Å². The fraction of sp³-hybridized carbons (Fsp3) is 0.538. The third kappa shape index (κ3) is 4.06. The fourth-order valence-electron chi connectivity index (χ4n) is 1.42. The van der Waals surface area contributed by atoms with Crippen LogP contribution in [0.5, 0.6) is 5.88 Å². The standard InChI is InChI=1S/C13H21N3O/c1-9-5-7-16-12(10(9)11(14)15)17-8-6-13(2,3)4/h5,7H,6,8H2,1-4H3,(H3,14,15). The normalized spacial score (nSPS) is 11.3. The van der Waals surface area contributed by atoms with E-state index in [1.54, 1.807) is 6.20 Å². The van der Waals surface area contributed by atoms with Crippen LogP contribution < -0.4 is 10.5 Å². The lowest BCUT2D eigenvalue weighted by molar-refractivity contribution is 0.236. The molecule has 0 aliphatic heterocycles. The molecule has 0 aromatic carbocycles. The zero-order valence-corrected chi connectivity index (χ0v) is 11.0. The number of hydrogen-bond acceptors (Lipinski definition) is 3. The molecular weight excluding hydrogens is 214 g/mol. The maximum Gasteiger partial charge on any atom is 0.224 e. The Balaban J connectivity index is 2.78. The summed E-state index contributed by atoms with van der Waals surface area (Å²) in [5.41, 5.74) is 7.27. The largest absolute Gasteiger partial charge is 0.477 e. The number of nitrogens with one attached hydrogen (secondary N) is 1. The van der Waals surface area contributed by atoms with E-state index in [0.717, 1.165) is 12.0 Å². The Morgan fingerprint density at radius 2 is 2.12 bits per heavy atom. The highest BCUT2D eigenvalue weighted by Crippen LogP contribution is 2.21. The van der Waals surface area contributed by atoms with Crippen LogP contribution in [0.2, 0.25) is 0 Å². The summed E-state index contributed by atoms with van der Waals surface area (Å²) in [5.74, 6) is 0.461. The van der Waals surface area contributed by atoms with Crippen molar-refractivity contribution in [3.05, 3.63) is 23.4 Å². The molecule has 1 heterocycles. The highest BCUT2D eigenvalue weighted by atomic mass is 16.5. The van der Waals surface area contributed by atoms with Crippen molar-refractivity contribution in [1.29, 1.82) is 5.41 Å². The second kappa shape index (κ2) is 5.17. The van der Waals surface area contributed by atoms with Gasteiger partial charge in [0.15, 0.2) is 0 Å². The van der Waals surface area contributed by atoms with E-state index in [4.69, 9.17) is 15.9 Å². The molecule has 0 radical (unpaired) electrons. The van der Waals surface area contributed by atoms with E-state index < -0.39 is 0 Å². The lowest BCUT2D eigenvalue weighted by Gasteiger charge is -2.18. The van der Waals surface area contributed by atoms with Crippen molar-refractivity contribution < 1.29 is 4.74 Å². The molecule has 1 aromatic rings. The highest BCUT2D eigenvalue weighted by molar-refractivity contribution is 5.98. The molecule has 3 N–H and O–H groups in total. The van der Waals surface area contributed by atoms with Gasteiger partial charge in [0.2, 0.25) is 5.88 Å². The smallest absolute Gasteiger partial charge is 0.224 e. The van der Waals surface area contributed by atoms with Gasteiger partial charge in [0, 0.05) is 6.20 Å². The van der Waals surface area contributed by atoms with Gasteiger partial charge in [-0.05, 0) is 30.4 Å². The van der Waals surface area contributed by atoms with E-state index in [1.807, 2.05) is 13.0 Å². The molecular formula is C13H21N3O. The minimum absolute atomic E-state index is 0.00126. The van der Waals surface area contributed by atoms with Gasteiger partial charge in [-0.1, -0.05) is 20.8 Å². The van der Waals surface area contributed by atoms with Crippen molar-refractivity contribution in [2.24, 2.45) is 11.1 Å². The summed E-state index contributed by atoms with van der Waals surface area (Å²) in [4.78, 5) is 4.14. The first-order valence-corrected chi connectivity index (χ1v) is 5.74. The molecule has 1 aromatic heterocycles. The SMILES string of the molecule is Cc1ccnc(OCCC(C)(C)C)c1C(=N)N. The van der Waals surface area contributed by atoms with Gasteiger partial charge in [0.05, 0.1) is 12.2 Å². The summed E-state index contributed by atoms with van der Waals surface area (Å²) in [6, 6.07) is 1.83. The first-order valence-electron chi connectivity index (χ1n) is 5.74. The zero-order chi connectivity index (χ0) is 13.1. The van der Waals surface area contributed by atoms with E-state index >= 15 is 0 Å². The van der Waals surface area contributed by atoms with E-state index in [1.165, 1.54) is 0 Å². The summed E-state index contributed by atoms with van der Waals surface area (Å²) in [6.45, 7) is 8.96. The topological polar surface area (TPSA) is 72.0 Å². The van der Waals surface area contributed by atoms with Gasteiger partial charge in [0.25, 0.3) is 0 Å². The number of pyridine rings is 1. The molecule has 94 valence electrons. The molecule has 4 nitrogen and oxygen atoms in total. The molecule has 0 bridgehead atoms. The van der Waals surface area contributed by atoms with Crippen molar-refractivity contribution in [3.63, 3.8) is 0 Å². The molecule has 0 spiro atoms. The average molecular weight is 235 g/mol. The quantitative estimate of drug-likeness (QED) is 0.622. The third-order valence-electron chi connectivity index (χ3n) is 2.48. The Labute approximate surface area is 103 Å². The second-order valence-corrected chi connectivity index (χ2v) is 5.38. The number of nitrogen functional groups attached to an aromatic ring is 1. The Morgan fingerprint density at radius 1 is 1.47 bits per heavy atom. The Kier molecular flexibility index (Phi) is 4.10. The van der Waals surface area contributed by atoms with Crippen molar-refractivity contribution in [2.75, 3.05) is 6.61 Å². The van der Waals surface area contributed by atoms with Gasteiger partial charge in [-0.25, -0.2) is 4.98 Å². The summed E-state index contributed by atoms with van der Waals surface area (Å²) >= 11 is 0. The molecule has 0 saturated carbocycles.